The van der Waals surface area contributed by atoms with Gasteiger partial charge >= 0.3 is 5.97 Å². The highest BCUT2D eigenvalue weighted by Crippen LogP contribution is 2.20. The molecule has 1 N–H and O–H groups in total. The third-order valence-corrected chi connectivity index (χ3v) is 3.56. The molecule has 0 saturated carbocycles. The topological polar surface area (TPSA) is 74.0 Å². The Morgan fingerprint density at radius 2 is 2.32 bits per heavy atom. The van der Waals surface area contributed by atoms with Crippen molar-refractivity contribution in [2.24, 2.45) is 0 Å². The minimum Gasteiger partial charge on any atom is -0.481 e. The number of aliphatic carboxylic acids is 1. The van der Waals surface area contributed by atoms with Gasteiger partial charge in [-0.1, -0.05) is 0 Å². The molecule has 1 amide bonds. The largest absolute Gasteiger partial charge is 0.481 e. The Labute approximate surface area is 111 Å². The Kier molecular flexibility index (Phi) is 3.90. The van der Waals surface area contributed by atoms with Crippen LogP contribution in [0.25, 0.3) is 0 Å². The van der Waals surface area contributed by atoms with Crippen molar-refractivity contribution in [2.45, 2.75) is 32.0 Å². The maximum Gasteiger partial charge on any atom is 0.305 e. The fourth-order valence-electron chi connectivity index (χ4n) is 2.36. The minimum atomic E-state index is -0.961. The molecule has 6 nitrogen and oxygen atoms in total. The molecule has 1 fully saturated rings. The zero-order chi connectivity index (χ0) is 14.0. The Morgan fingerprint density at radius 1 is 1.58 bits per heavy atom. The van der Waals surface area contributed by atoms with Crippen LogP contribution in [0.15, 0.2) is 22.8 Å². The quantitative estimate of drug-likeness (QED) is 0.872. The molecule has 19 heavy (non-hydrogen) atoms. The molecular formula is C13H18N2O4. The molecule has 2 unspecified atom stereocenters. The van der Waals surface area contributed by atoms with E-state index in [1.54, 1.807) is 24.3 Å². The number of carbonyl (C=O) groups excluding carboxylic acids is 1. The summed E-state index contributed by atoms with van der Waals surface area (Å²) in [5.41, 5.74) is 0. The molecular weight excluding hydrogens is 248 g/mol. The molecule has 1 saturated heterocycles. The number of furan rings is 1. The highest BCUT2D eigenvalue weighted by atomic mass is 16.4. The van der Waals surface area contributed by atoms with Crippen molar-refractivity contribution in [2.75, 3.05) is 13.6 Å². The fraction of sp³-hybridized carbons (Fsp3) is 0.538. The number of likely N-dealkylation sites (N-methyl/N-ethyl adjacent to an activating group) is 1. The van der Waals surface area contributed by atoms with Crippen molar-refractivity contribution < 1.29 is 19.1 Å². The van der Waals surface area contributed by atoms with Gasteiger partial charge in [0.2, 0.25) is 5.91 Å². The molecule has 1 aliphatic rings. The molecule has 2 rings (SSSR count). The predicted molar refractivity (Wildman–Crippen MR) is 67.4 cm³/mol. The Bertz CT molecular complexity index is 457. The van der Waals surface area contributed by atoms with E-state index in [-0.39, 0.29) is 18.4 Å². The summed E-state index contributed by atoms with van der Waals surface area (Å²) in [4.78, 5) is 26.7. The zero-order valence-corrected chi connectivity index (χ0v) is 11.1. The van der Waals surface area contributed by atoms with E-state index in [0.717, 1.165) is 0 Å². The molecule has 1 aliphatic heterocycles. The summed E-state index contributed by atoms with van der Waals surface area (Å²) >= 11 is 0. The van der Waals surface area contributed by atoms with E-state index in [1.807, 2.05) is 17.9 Å². The van der Waals surface area contributed by atoms with Crippen LogP contribution >= 0.6 is 0 Å². The first-order chi connectivity index (χ1) is 8.99. The van der Waals surface area contributed by atoms with E-state index >= 15 is 0 Å². The number of hydrogen-bond acceptors (Lipinski definition) is 4. The summed E-state index contributed by atoms with van der Waals surface area (Å²) in [6.07, 6.45) is 1.39. The fourth-order valence-corrected chi connectivity index (χ4v) is 2.36. The van der Waals surface area contributed by atoms with E-state index in [9.17, 15) is 9.59 Å². The van der Waals surface area contributed by atoms with Crippen LogP contribution in [0.2, 0.25) is 0 Å². The monoisotopic (exact) mass is 266 g/mol. The molecule has 6 heteroatoms. The lowest BCUT2D eigenvalue weighted by Gasteiger charge is -2.42. The van der Waals surface area contributed by atoms with Gasteiger partial charge in [-0.25, -0.2) is 0 Å². The second-order valence-electron chi connectivity index (χ2n) is 4.93. The van der Waals surface area contributed by atoms with Crippen LogP contribution in [0.5, 0.6) is 0 Å². The number of amides is 1. The van der Waals surface area contributed by atoms with E-state index in [0.29, 0.717) is 18.8 Å². The van der Waals surface area contributed by atoms with Gasteiger partial charge in [0.15, 0.2) is 0 Å². The number of carboxylic acids is 1. The van der Waals surface area contributed by atoms with Crippen LogP contribution in [0.4, 0.5) is 0 Å². The average Bonchev–Trinajstić information content (AvgIpc) is 2.84. The Hall–Kier alpha value is -1.82. The molecule has 104 valence electrons. The molecule has 0 spiro atoms. The first-order valence-electron chi connectivity index (χ1n) is 6.24. The SMILES string of the molecule is CC1CN(Cc2ccco2)C(=O)C(CC(=O)O)N1C. The first kappa shape index (κ1) is 13.6. The Balaban J connectivity index is 2.12. The molecule has 2 atom stereocenters. The normalized spacial score (nSPS) is 24.7. The number of rotatable bonds is 4. The van der Waals surface area contributed by atoms with Gasteiger partial charge in [-0.3, -0.25) is 14.5 Å². The second-order valence-corrected chi connectivity index (χ2v) is 4.93. The predicted octanol–water partition coefficient (Wildman–Crippen LogP) is 0.785. The number of carbonyl (C=O) groups is 2. The van der Waals surface area contributed by atoms with Gasteiger partial charge in [-0.2, -0.15) is 0 Å². The van der Waals surface area contributed by atoms with Crippen LogP contribution in [-0.4, -0.2) is 52.5 Å². The van der Waals surface area contributed by atoms with E-state index in [4.69, 9.17) is 9.52 Å². The van der Waals surface area contributed by atoms with Crippen LogP contribution in [-0.2, 0) is 16.1 Å². The lowest BCUT2D eigenvalue weighted by atomic mass is 10.0. The summed E-state index contributed by atoms with van der Waals surface area (Å²) < 4.78 is 5.24. The first-order valence-corrected chi connectivity index (χ1v) is 6.24. The average molecular weight is 266 g/mol. The van der Waals surface area contributed by atoms with Gasteiger partial charge < -0.3 is 14.4 Å². The molecule has 0 aliphatic carbocycles. The molecule has 1 aromatic rings. The van der Waals surface area contributed by atoms with E-state index in [2.05, 4.69) is 0 Å². The maximum atomic E-state index is 12.3. The highest BCUT2D eigenvalue weighted by molar-refractivity contribution is 5.86. The highest BCUT2D eigenvalue weighted by Gasteiger charge is 2.37. The van der Waals surface area contributed by atoms with Gasteiger partial charge in [-0.05, 0) is 26.1 Å². The van der Waals surface area contributed by atoms with E-state index in [1.165, 1.54) is 0 Å². The van der Waals surface area contributed by atoms with Crippen molar-refractivity contribution in [1.82, 2.24) is 9.80 Å². The van der Waals surface area contributed by atoms with Crippen molar-refractivity contribution in [3.8, 4) is 0 Å². The van der Waals surface area contributed by atoms with Crippen LogP contribution in [0.3, 0.4) is 0 Å². The van der Waals surface area contributed by atoms with Crippen LogP contribution < -0.4 is 0 Å². The van der Waals surface area contributed by atoms with Crippen molar-refractivity contribution in [3.63, 3.8) is 0 Å². The molecule has 0 bridgehead atoms. The third-order valence-electron chi connectivity index (χ3n) is 3.56. The number of hydrogen-bond donors (Lipinski definition) is 1. The summed E-state index contributed by atoms with van der Waals surface area (Å²) in [6, 6.07) is 3.10. The van der Waals surface area contributed by atoms with Gasteiger partial charge in [0.25, 0.3) is 0 Å². The van der Waals surface area contributed by atoms with E-state index < -0.39 is 12.0 Å². The van der Waals surface area contributed by atoms with Crippen molar-refractivity contribution in [1.29, 1.82) is 0 Å². The smallest absolute Gasteiger partial charge is 0.305 e. The standard InChI is InChI=1S/C13H18N2O4/c1-9-7-15(8-10-4-3-5-19-10)13(18)11(14(9)2)6-12(16)17/h3-5,9,11H,6-8H2,1-2H3,(H,16,17). The molecule has 1 aromatic heterocycles. The summed E-state index contributed by atoms with van der Waals surface area (Å²) in [5, 5.41) is 8.91. The lowest BCUT2D eigenvalue weighted by molar-refractivity contribution is -0.151. The number of nitrogens with zero attached hydrogens (tertiary/aromatic N) is 2. The summed E-state index contributed by atoms with van der Waals surface area (Å²) in [6.45, 7) is 2.95. The Morgan fingerprint density at radius 3 is 2.89 bits per heavy atom. The van der Waals surface area contributed by atoms with Crippen LogP contribution in [0, 0.1) is 0 Å². The minimum absolute atomic E-state index is 0.122. The number of piperazine rings is 1. The lowest BCUT2D eigenvalue weighted by Crippen LogP contribution is -2.59. The maximum absolute atomic E-state index is 12.3. The summed E-state index contributed by atoms with van der Waals surface area (Å²) in [7, 11) is 1.79. The van der Waals surface area contributed by atoms with Crippen molar-refractivity contribution >= 4 is 11.9 Å². The second kappa shape index (κ2) is 5.44. The molecule has 0 aromatic carbocycles. The van der Waals surface area contributed by atoms with Gasteiger partial charge in [0.05, 0.1) is 25.3 Å². The van der Waals surface area contributed by atoms with Crippen LogP contribution in [0.1, 0.15) is 19.1 Å². The zero-order valence-electron chi connectivity index (χ0n) is 11.1. The summed E-state index contributed by atoms with van der Waals surface area (Å²) in [5.74, 6) is -0.407. The molecule has 0 radical (unpaired) electrons. The number of carboxylic acid groups (broad SMARTS) is 1. The van der Waals surface area contributed by atoms with Gasteiger partial charge in [0.1, 0.15) is 5.76 Å². The van der Waals surface area contributed by atoms with Gasteiger partial charge in [-0.15, -0.1) is 0 Å². The molecule has 2 heterocycles. The third kappa shape index (κ3) is 2.96. The van der Waals surface area contributed by atoms with Crippen molar-refractivity contribution in [3.05, 3.63) is 24.2 Å². The van der Waals surface area contributed by atoms with Gasteiger partial charge in [0, 0.05) is 12.6 Å².